The van der Waals surface area contributed by atoms with Gasteiger partial charge in [0.05, 0.1) is 23.1 Å². The summed E-state index contributed by atoms with van der Waals surface area (Å²) in [5.74, 6) is -0.497. The average Bonchev–Trinajstić information content (AvgIpc) is 3.11. The van der Waals surface area contributed by atoms with Gasteiger partial charge in [0.1, 0.15) is 5.82 Å². The summed E-state index contributed by atoms with van der Waals surface area (Å²) < 4.78 is 14.5. The van der Waals surface area contributed by atoms with Crippen LogP contribution in [0, 0.1) is 5.82 Å². The highest BCUT2D eigenvalue weighted by Crippen LogP contribution is 2.29. The molecule has 0 aliphatic rings. The second-order valence-corrected chi connectivity index (χ2v) is 6.82. The first kappa shape index (κ1) is 17.8. The summed E-state index contributed by atoms with van der Waals surface area (Å²) >= 11 is 0. The van der Waals surface area contributed by atoms with Gasteiger partial charge in [0.2, 0.25) is 5.88 Å². The molecule has 0 saturated heterocycles. The van der Waals surface area contributed by atoms with Gasteiger partial charge >= 0.3 is 5.69 Å². The number of nitrogens with zero attached hydrogens (tertiary/aromatic N) is 3. The summed E-state index contributed by atoms with van der Waals surface area (Å²) in [5.41, 5.74) is 4.17. The van der Waals surface area contributed by atoms with Gasteiger partial charge in [0.15, 0.2) is 0 Å². The van der Waals surface area contributed by atoms with Crippen LogP contribution in [0.2, 0.25) is 0 Å². The van der Waals surface area contributed by atoms with Crippen LogP contribution in [0.4, 0.5) is 4.39 Å². The van der Waals surface area contributed by atoms with Crippen molar-refractivity contribution >= 4 is 10.9 Å². The van der Waals surface area contributed by atoms with Crippen LogP contribution in [-0.2, 0) is 0 Å². The highest BCUT2D eigenvalue weighted by atomic mass is 19.1. The van der Waals surface area contributed by atoms with Crippen molar-refractivity contribution in [3.05, 3.63) is 95.6 Å². The van der Waals surface area contributed by atoms with E-state index in [2.05, 4.69) is 9.97 Å². The van der Waals surface area contributed by atoms with Crippen LogP contribution in [0.3, 0.4) is 0 Å². The van der Waals surface area contributed by atoms with Gasteiger partial charge in [-0.05, 0) is 35.4 Å². The average molecular weight is 398 g/mol. The van der Waals surface area contributed by atoms with E-state index < -0.39 is 5.69 Å². The van der Waals surface area contributed by atoms with E-state index in [0.29, 0.717) is 22.3 Å². The van der Waals surface area contributed by atoms with E-state index in [1.807, 2.05) is 24.3 Å². The third-order valence-corrected chi connectivity index (χ3v) is 4.91. The zero-order valence-electron chi connectivity index (χ0n) is 15.6. The number of aromatic hydroxyl groups is 1. The molecule has 7 heteroatoms. The third kappa shape index (κ3) is 3.12. The Hall–Kier alpha value is -4.26. The molecule has 2 aromatic carbocycles. The highest BCUT2D eigenvalue weighted by Gasteiger charge is 2.13. The van der Waals surface area contributed by atoms with Gasteiger partial charge < -0.3 is 5.11 Å². The fourth-order valence-corrected chi connectivity index (χ4v) is 3.44. The maximum atomic E-state index is 13.2. The van der Waals surface area contributed by atoms with Crippen LogP contribution in [0.15, 0.2) is 84.0 Å². The number of aromatic nitrogens is 4. The van der Waals surface area contributed by atoms with E-state index in [0.717, 1.165) is 16.7 Å². The summed E-state index contributed by atoms with van der Waals surface area (Å²) in [7, 11) is 0. The van der Waals surface area contributed by atoms with Crippen LogP contribution in [0.25, 0.3) is 39.0 Å². The smallest absolute Gasteiger partial charge is 0.333 e. The van der Waals surface area contributed by atoms with E-state index in [-0.39, 0.29) is 11.7 Å². The van der Waals surface area contributed by atoms with Gasteiger partial charge in [-0.25, -0.2) is 14.2 Å². The molecule has 6 nitrogen and oxygen atoms in total. The zero-order valence-corrected chi connectivity index (χ0v) is 15.6. The van der Waals surface area contributed by atoms with Crippen LogP contribution in [-0.4, -0.2) is 24.6 Å². The summed E-state index contributed by atoms with van der Waals surface area (Å²) in [5, 5.41) is 10.4. The number of pyridine rings is 2. The minimum Gasteiger partial charge on any atom is -0.493 e. The van der Waals surface area contributed by atoms with Gasteiger partial charge in [-0.15, -0.1) is 0 Å². The highest BCUT2D eigenvalue weighted by molar-refractivity contribution is 5.89. The first-order chi connectivity index (χ1) is 14.6. The normalized spacial score (nSPS) is 11.1. The number of aromatic amines is 1. The standard InChI is InChI=1S/C23H15FN4O2/c24-17-7-5-15(6-8-17)14-1-3-16(4-2-14)20-11-21(28-13-22(29)27-23(28)30)18-12-25-10-9-19(18)26-20/h1-13,29H,(H,27,30). The number of halogens is 1. The second kappa shape index (κ2) is 6.97. The van der Waals surface area contributed by atoms with Crippen LogP contribution in [0.5, 0.6) is 5.88 Å². The fraction of sp³-hybridized carbons (Fsp3) is 0. The minimum atomic E-state index is -0.457. The number of fused-ring (bicyclic) bond motifs is 1. The summed E-state index contributed by atoms with van der Waals surface area (Å²) in [4.78, 5) is 23.4. The number of rotatable bonds is 3. The number of nitrogens with one attached hydrogen (secondary N) is 1. The van der Waals surface area contributed by atoms with Crippen molar-refractivity contribution < 1.29 is 9.50 Å². The lowest BCUT2D eigenvalue weighted by Crippen LogP contribution is -2.14. The van der Waals surface area contributed by atoms with Gasteiger partial charge in [-0.1, -0.05) is 36.4 Å². The molecule has 2 N–H and O–H groups in total. The van der Waals surface area contributed by atoms with Crippen molar-refractivity contribution in [2.45, 2.75) is 0 Å². The molecule has 5 rings (SSSR count). The van der Waals surface area contributed by atoms with Crippen LogP contribution >= 0.6 is 0 Å². The van der Waals surface area contributed by atoms with E-state index in [1.165, 1.54) is 22.9 Å². The van der Waals surface area contributed by atoms with E-state index >= 15 is 0 Å². The number of imidazole rings is 1. The Labute approximate surface area is 169 Å². The molecule has 3 aromatic heterocycles. The Morgan fingerprint density at radius 3 is 2.27 bits per heavy atom. The molecule has 30 heavy (non-hydrogen) atoms. The Bertz CT molecular complexity index is 1420. The van der Waals surface area contributed by atoms with Gasteiger partial charge in [-0.3, -0.25) is 14.5 Å². The molecule has 0 aliphatic heterocycles. The minimum absolute atomic E-state index is 0.223. The lowest BCUT2D eigenvalue weighted by molar-refractivity contribution is 0.455. The maximum absolute atomic E-state index is 13.2. The number of H-pyrrole nitrogens is 1. The van der Waals surface area contributed by atoms with Crippen molar-refractivity contribution in [1.29, 1.82) is 0 Å². The number of hydrogen-bond acceptors (Lipinski definition) is 4. The molecule has 0 fully saturated rings. The summed E-state index contributed by atoms with van der Waals surface area (Å²) in [6, 6.07) is 17.6. The van der Waals surface area contributed by atoms with Crippen molar-refractivity contribution in [1.82, 2.24) is 19.5 Å². The number of hydrogen-bond donors (Lipinski definition) is 2. The van der Waals surface area contributed by atoms with Crippen molar-refractivity contribution in [3.8, 4) is 34.0 Å². The molecular weight excluding hydrogens is 383 g/mol. The molecule has 0 radical (unpaired) electrons. The Morgan fingerprint density at radius 1 is 0.933 bits per heavy atom. The molecule has 0 spiro atoms. The molecular formula is C23H15FN4O2. The summed E-state index contributed by atoms with van der Waals surface area (Å²) in [6.45, 7) is 0. The van der Waals surface area contributed by atoms with E-state index in [1.54, 1.807) is 36.7 Å². The van der Waals surface area contributed by atoms with Crippen LogP contribution < -0.4 is 5.69 Å². The van der Waals surface area contributed by atoms with Gasteiger partial charge in [0, 0.05) is 23.3 Å². The molecule has 0 unspecified atom stereocenters. The topological polar surface area (TPSA) is 83.8 Å². The van der Waals surface area contributed by atoms with Crippen molar-refractivity contribution in [2.24, 2.45) is 0 Å². The predicted octanol–water partition coefficient (Wildman–Crippen LogP) is 4.29. The molecule has 0 aliphatic carbocycles. The number of benzene rings is 2. The molecule has 5 aromatic rings. The molecule has 3 heterocycles. The van der Waals surface area contributed by atoms with E-state index in [9.17, 15) is 14.3 Å². The quantitative estimate of drug-likeness (QED) is 0.475. The Kier molecular flexibility index (Phi) is 4.14. The zero-order chi connectivity index (χ0) is 20.7. The summed E-state index contributed by atoms with van der Waals surface area (Å²) in [6.07, 6.45) is 4.60. The lowest BCUT2D eigenvalue weighted by atomic mass is 10.0. The first-order valence-electron chi connectivity index (χ1n) is 9.21. The van der Waals surface area contributed by atoms with Gasteiger partial charge in [0.25, 0.3) is 0 Å². The monoisotopic (exact) mass is 398 g/mol. The third-order valence-electron chi connectivity index (χ3n) is 4.91. The second-order valence-electron chi connectivity index (χ2n) is 6.82. The van der Waals surface area contributed by atoms with Crippen molar-refractivity contribution in [3.63, 3.8) is 0 Å². The molecule has 0 saturated carbocycles. The largest absolute Gasteiger partial charge is 0.493 e. The SMILES string of the molecule is O=c1[nH]c(O)cn1-c1cc(-c2ccc(-c3ccc(F)cc3)cc2)nc2ccncc12. The maximum Gasteiger partial charge on any atom is 0.333 e. The first-order valence-corrected chi connectivity index (χ1v) is 9.21. The van der Waals surface area contributed by atoms with Crippen molar-refractivity contribution in [2.75, 3.05) is 0 Å². The Morgan fingerprint density at radius 2 is 1.60 bits per heavy atom. The molecule has 0 atom stereocenters. The Balaban J connectivity index is 1.63. The molecule has 0 bridgehead atoms. The molecule has 0 amide bonds. The van der Waals surface area contributed by atoms with E-state index in [4.69, 9.17) is 4.98 Å². The van der Waals surface area contributed by atoms with Crippen LogP contribution in [0.1, 0.15) is 0 Å². The van der Waals surface area contributed by atoms with Gasteiger partial charge in [-0.2, -0.15) is 0 Å². The molecule has 146 valence electrons. The lowest BCUT2D eigenvalue weighted by Gasteiger charge is -2.10. The fourth-order valence-electron chi connectivity index (χ4n) is 3.44. The predicted molar refractivity (Wildman–Crippen MR) is 112 cm³/mol.